The maximum atomic E-state index is 11.4. The molecule has 0 amide bonds. The quantitative estimate of drug-likeness (QED) is 0.861. The highest BCUT2D eigenvalue weighted by Gasteiger charge is 2.19. The summed E-state index contributed by atoms with van der Waals surface area (Å²) < 4.78 is 0. The van der Waals surface area contributed by atoms with E-state index in [-0.39, 0.29) is 0 Å². The highest BCUT2D eigenvalue weighted by Crippen LogP contribution is 2.22. The smallest absolute Gasteiger partial charge is 0.330 e. The van der Waals surface area contributed by atoms with Crippen LogP contribution in [0.3, 0.4) is 0 Å². The van der Waals surface area contributed by atoms with Gasteiger partial charge in [0.25, 0.3) is 0 Å². The number of hydrogen-bond acceptors (Lipinski definition) is 2. The molecule has 20 heavy (non-hydrogen) atoms. The van der Waals surface area contributed by atoms with Crippen LogP contribution < -0.4 is 5.32 Å². The first-order valence-corrected chi connectivity index (χ1v) is 6.72. The van der Waals surface area contributed by atoms with Crippen LogP contribution in [0, 0.1) is 0 Å². The molecule has 0 aromatic heterocycles. The highest BCUT2D eigenvalue weighted by molar-refractivity contribution is 5.79. The monoisotopic (exact) mass is 269 g/mol. The zero-order chi connectivity index (χ0) is 14.5. The molecule has 0 bridgehead atoms. The minimum atomic E-state index is -0.885. The highest BCUT2D eigenvalue weighted by atomic mass is 16.4. The lowest BCUT2D eigenvalue weighted by Gasteiger charge is -2.16. The number of nitrogens with one attached hydrogen (secondary N) is 1. The molecule has 0 fully saturated rings. The predicted octanol–water partition coefficient (Wildman–Crippen LogP) is 4.05. The van der Waals surface area contributed by atoms with Gasteiger partial charge in [-0.3, -0.25) is 0 Å². The lowest BCUT2D eigenvalue weighted by molar-refractivity contribution is -0.138. The van der Waals surface area contributed by atoms with Gasteiger partial charge in [0.05, 0.1) is 0 Å². The topological polar surface area (TPSA) is 49.3 Å². The molecule has 0 aliphatic rings. The number of carboxylic acid groups (broad SMARTS) is 1. The van der Waals surface area contributed by atoms with Gasteiger partial charge in [-0.05, 0) is 29.2 Å². The Bertz CT molecular complexity index is 561. The van der Waals surface area contributed by atoms with E-state index in [1.807, 2.05) is 54.6 Å². The van der Waals surface area contributed by atoms with E-state index in [9.17, 15) is 9.90 Å². The van der Waals surface area contributed by atoms with Gasteiger partial charge < -0.3 is 10.4 Å². The molecule has 0 spiro atoms. The van der Waals surface area contributed by atoms with Gasteiger partial charge in [0, 0.05) is 5.69 Å². The van der Waals surface area contributed by atoms with Crippen molar-refractivity contribution in [1.82, 2.24) is 0 Å². The summed E-state index contributed by atoms with van der Waals surface area (Å²) in [5.41, 5.74) is 2.79. The first kappa shape index (κ1) is 14.1. The maximum Gasteiger partial charge on any atom is 0.330 e. The van der Waals surface area contributed by atoms with Crippen LogP contribution in [0.1, 0.15) is 36.9 Å². The Morgan fingerprint density at radius 1 is 0.950 bits per heavy atom. The molecule has 3 heteroatoms. The summed E-state index contributed by atoms with van der Waals surface area (Å²) in [5.74, 6) is -0.419. The zero-order valence-electron chi connectivity index (χ0n) is 11.7. The predicted molar refractivity (Wildman–Crippen MR) is 81.0 cm³/mol. The van der Waals surface area contributed by atoms with E-state index >= 15 is 0 Å². The van der Waals surface area contributed by atoms with Gasteiger partial charge in [-0.25, -0.2) is 4.79 Å². The standard InChI is InChI=1S/C17H19NO2/c1-12(2)13-8-10-15(11-9-13)18-16(17(19)20)14-6-4-3-5-7-14/h3-12,16,18H,1-2H3,(H,19,20). The normalized spacial score (nSPS) is 12.2. The summed E-state index contributed by atoms with van der Waals surface area (Å²) in [6, 6.07) is 16.4. The van der Waals surface area contributed by atoms with Crippen LogP contribution >= 0.6 is 0 Å². The molecule has 1 unspecified atom stereocenters. The molecule has 0 aliphatic carbocycles. The van der Waals surface area contributed by atoms with Crippen molar-refractivity contribution in [3.8, 4) is 0 Å². The fourth-order valence-electron chi connectivity index (χ4n) is 2.06. The molecule has 1 atom stereocenters. The summed E-state index contributed by atoms with van der Waals surface area (Å²) in [5, 5.41) is 12.4. The second kappa shape index (κ2) is 6.24. The Morgan fingerprint density at radius 3 is 2.05 bits per heavy atom. The third-order valence-electron chi connectivity index (χ3n) is 3.27. The van der Waals surface area contributed by atoms with Crippen molar-refractivity contribution in [2.75, 3.05) is 5.32 Å². The van der Waals surface area contributed by atoms with E-state index in [0.29, 0.717) is 5.92 Å². The third kappa shape index (κ3) is 3.38. The fraction of sp³-hybridized carbons (Fsp3) is 0.235. The second-order valence-corrected chi connectivity index (χ2v) is 5.10. The van der Waals surface area contributed by atoms with Crippen LogP contribution in [0.2, 0.25) is 0 Å². The van der Waals surface area contributed by atoms with E-state index in [1.54, 1.807) is 0 Å². The molecule has 0 aliphatic heterocycles. The molecular formula is C17H19NO2. The van der Waals surface area contributed by atoms with Gasteiger partial charge in [0.2, 0.25) is 0 Å². The Kier molecular flexibility index (Phi) is 4.41. The van der Waals surface area contributed by atoms with Gasteiger partial charge >= 0.3 is 5.97 Å². The number of aliphatic carboxylic acids is 1. The largest absolute Gasteiger partial charge is 0.479 e. The van der Waals surface area contributed by atoms with Crippen LogP contribution in [0.15, 0.2) is 54.6 Å². The van der Waals surface area contributed by atoms with Crippen molar-refractivity contribution in [3.05, 3.63) is 65.7 Å². The van der Waals surface area contributed by atoms with E-state index in [2.05, 4.69) is 19.2 Å². The van der Waals surface area contributed by atoms with Crippen LogP contribution in [0.5, 0.6) is 0 Å². The summed E-state index contributed by atoms with van der Waals surface area (Å²) in [7, 11) is 0. The van der Waals surface area contributed by atoms with Crippen molar-refractivity contribution >= 4 is 11.7 Å². The van der Waals surface area contributed by atoms with E-state index < -0.39 is 12.0 Å². The van der Waals surface area contributed by atoms with Gasteiger partial charge in [-0.15, -0.1) is 0 Å². The first-order valence-electron chi connectivity index (χ1n) is 6.72. The van der Waals surface area contributed by atoms with E-state index in [1.165, 1.54) is 5.56 Å². The Labute approximate surface area is 119 Å². The minimum Gasteiger partial charge on any atom is -0.479 e. The summed E-state index contributed by atoms with van der Waals surface area (Å²) in [4.78, 5) is 11.4. The molecule has 2 rings (SSSR count). The van der Waals surface area contributed by atoms with Crippen molar-refractivity contribution in [3.63, 3.8) is 0 Å². The molecule has 104 valence electrons. The molecule has 2 aromatic rings. The maximum absolute atomic E-state index is 11.4. The van der Waals surface area contributed by atoms with Crippen molar-refractivity contribution in [2.45, 2.75) is 25.8 Å². The third-order valence-corrected chi connectivity index (χ3v) is 3.27. The average molecular weight is 269 g/mol. The van der Waals surface area contributed by atoms with Crippen molar-refractivity contribution < 1.29 is 9.90 Å². The second-order valence-electron chi connectivity index (χ2n) is 5.10. The van der Waals surface area contributed by atoms with Crippen molar-refractivity contribution in [2.24, 2.45) is 0 Å². The van der Waals surface area contributed by atoms with Gasteiger partial charge in [0.1, 0.15) is 0 Å². The lowest BCUT2D eigenvalue weighted by atomic mass is 10.0. The molecule has 0 saturated carbocycles. The number of rotatable bonds is 5. The first-order chi connectivity index (χ1) is 9.58. The zero-order valence-corrected chi connectivity index (χ0v) is 11.7. The van der Waals surface area contributed by atoms with Crippen LogP contribution in [-0.4, -0.2) is 11.1 Å². The number of benzene rings is 2. The number of anilines is 1. The van der Waals surface area contributed by atoms with Gasteiger partial charge in [-0.1, -0.05) is 56.3 Å². The van der Waals surface area contributed by atoms with Crippen LogP contribution in [0.4, 0.5) is 5.69 Å². The van der Waals surface area contributed by atoms with E-state index in [0.717, 1.165) is 11.3 Å². The number of carboxylic acids is 1. The fourth-order valence-corrected chi connectivity index (χ4v) is 2.06. The summed E-state index contributed by atoms with van der Waals surface area (Å²) >= 11 is 0. The van der Waals surface area contributed by atoms with Crippen molar-refractivity contribution in [1.29, 1.82) is 0 Å². The Morgan fingerprint density at radius 2 is 1.55 bits per heavy atom. The Balaban J connectivity index is 2.19. The molecule has 0 saturated heterocycles. The minimum absolute atomic E-state index is 0.466. The summed E-state index contributed by atoms with van der Waals surface area (Å²) in [6.45, 7) is 4.26. The molecule has 2 N–H and O–H groups in total. The molecule has 3 nitrogen and oxygen atoms in total. The molecule has 0 radical (unpaired) electrons. The summed E-state index contributed by atoms with van der Waals surface area (Å²) in [6.07, 6.45) is 0. The van der Waals surface area contributed by atoms with Crippen LogP contribution in [0.25, 0.3) is 0 Å². The molecular weight excluding hydrogens is 250 g/mol. The number of hydrogen-bond donors (Lipinski definition) is 2. The SMILES string of the molecule is CC(C)c1ccc(NC(C(=O)O)c2ccccc2)cc1. The molecule has 0 heterocycles. The lowest BCUT2D eigenvalue weighted by Crippen LogP contribution is -2.20. The Hall–Kier alpha value is -2.29. The van der Waals surface area contributed by atoms with Gasteiger partial charge in [-0.2, -0.15) is 0 Å². The van der Waals surface area contributed by atoms with Gasteiger partial charge in [0.15, 0.2) is 6.04 Å². The molecule has 2 aromatic carbocycles. The van der Waals surface area contributed by atoms with E-state index in [4.69, 9.17) is 0 Å². The average Bonchev–Trinajstić information content (AvgIpc) is 2.46. The van der Waals surface area contributed by atoms with Crippen LogP contribution in [-0.2, 0) is 4.79 Å². The number of carbonyl (C=O) groups is 1.